The zero-order chi connectivity index (χ0) is 30.1. The highest BCUT2D eigenvalue weighted by Gasteiger charge is 2.38. The number of nitrogens with one attached hydrogen (secondary N) is 3. The summed E-state index contributed by atoms with van der Waals surface area (Å²) in [5.74, 6) is -2.56. The van der Waals surface area contributed by atoms with E-state index in [1.54, 1.807) is 30.5 Å². The maximum absolute atomic E-state index is 13.6. The highest BCUT2D eigenvalue weighted by Crippen LogP contribution is 2.22. The molecule has 0 radical (unpaired) electrons. The lowest BCUT2D eigenvalue weighted by Gasteiger charge is -2.28. The van der Waals surface area contributed by atoms with E-state index in [2.05, 4.69) is 15.6 Å². The first-order chi connectivity index (χ1) is 20.3. The van der Waals surface area contributed by atoms with Crippen LogP contribution in [-0.4, -0.2) is 75.9 Å². The number of carbonyl (C=O) groups is 4. The summed E-state index contributed by atoms with van der Waals surface area (Å²) in [6.45, 7) is 0.919. The highest BCUT2D eigenvalue weighted by molar-refractivity contribution is 5.95. The number of fused-ring (bicyclic) bond motifs is 1. The zero-order valence-corrected chi connectivity index (χ0v) is 23.6. The first-order valence-electron chi connectivity index (χ1n) is 14.5. The second kappa shape index (κ2) is 14.6. The van der Waals surface area contributed by atoms with E-state index in [0.717, 1.165) is 28.5 Å². The Morgan fingerprint density at radius 3 is 2.45 bits per heavy atom. The number of para-hydroxylation sites is 1. The number of carboxylic acids is 1. The van der Waals surface area contributed by atoms with Crippen LogP contribution < -0.4 is 22.1 Å². The molecule has 0 spiro atoms. The summed E-state index contributed by atoms with van der Waals surface area (Å²) in [7, 11) is 0. The lowest BCUT2D eigenvalue weighted by molar-refractivity contribution is -0.143. The minimum Gasteiger partial charge on any atom is -0.480 e. The van der Waals surface area contributed by atoms with Crippen LogP contribution in [0, 0.1) is 0 Å². The van der Waals surface area contributed by atoms with Crippen molar-refractivity contribution in [2.45, 2.75) is 69.1 Å². The monoisotopic (exact) mass is 576 g/mol. The van der Waals surface area contributed by atoms with Crippen LogP contribution in [0.15, 0.2) is 60.8 Å². The van der Waals surface area contributed by atoms with Gasteiger partial charge in [0.1, 0.15) is 18.1 Å². The molecule has 4 atom stereocenters. The van der Waals surface area contributed by atoms with Gasteiger partial charge in [-0.2, -0.15) is 0 Å². The van der Waals surface area contributed by atoms with Crippen LogP contribution in [0.25, 0.3) is 10.9 Å². The second-order valence-corrected chi connectivity index (χ2v) is 10.8. The van der Waals surface area contributed by atoms with E-state index in [4.69, 9.17) is 11.5 Å². The normalized spacial score (nSPS) is 17.0. The molecule has 42 heavy (non-hydrogen) atoms. The third-order valence-corrected chi connectivity index (χ3v) is 7.75. The maximum atomic E-state index is 13.6. The molecule has 4 rings (SSSR count). The lowest BCUT2D eigenvalue weighted by atomic mass is 10.0. The molecule has 2 aromatic carbocycles. The fourth-order valence-electron chi connectivity index (χ4n) is 5.47. The predicted octanol–water partition coefficient (Wildman–Crippen LogP) is 1.45. The number of aromatic amines is 1. The molecule has 2 heterocycles. The Labute approximate surface area is 245 Å². The van der Waals surface area contributed by atoms with Crippen LogP contribution in [0.4, 0.5) is 0 Å². The average Bonchev–Trinajstić information content (AvgIpc) is 3.64. The number of carbonyl (C=O) groups excluding carboxylic acids is 3. The number of nitrogens with two attached hydrogens (primary N) is 2. The van der Waals surface area contributed by atoms with Crippen LogP contribution >= 0.6 is 0 Å². The Morgan fingerprint density at radius 1 is 0.976 bits per heavy atom. The molecular weight excluding hydrogens is 536 g/mol. The molecule has 0 bridgehead atoms. The number of amides is 3. The smallest absolute Gasteiger partial charge is 0.326 e. The highest BCUT2D eigenvalue weighted by atomic mass is 16.4. The first-order valence-corrected chi connectivity index (χ1v) is 14.5. The zero-order valence-electron chi connectivity index (χ0n) is 23.6. The summed E-state index contributed by atoms with van der Waals surface area (Å²) in [5, 5.41) is 16.2. The summed E-state index contributed by atoms with van der Waals surface area (Å²) in [6.07, 6.45) is 5.02. The van der Waals surface area contributed by atoms with Crippen LogP contribution in [0.1, 0.15) is 43.2 Å². The lowest BCUT2D eigenvalue weighted by Crippen LogP contribution is -2.57. The summed E-state index contributed by atoms with van der Waals surface area (Å²) in [5.41, 5.74) is 14.1. The number of hydrogen-bond donors (Lipinski definition) is 6. The standard InChI is InChI=1S/C31H40N6O5/c32-15-7-6-12-23(33)30(40)37-16-8-14-27(37)29(39)35-25(18-21-19-34-24-13-5-4-11-22(21)24)28(38)36-26(31(41)42)17-20-9-2-1-3-10-20/h1-5,9-11,13,19,23,25-27,34H,6-8,12,14-18,32-33H2,(H,35,39)(H,36,38)(H,41,42). The number of H-pyrrole nitrogens is 1. The molecule has 1 fully saturated rings. The Hall–Kier alpha value is -4.22. The Morgan fingerprint density at radius 2 is 1.71 bits per heavy atom. The van der Waals surface area contributed by atoms with E-state index >= 15 is 0 Å². The quantitative estimate of drug-likeness (QED) is 0.157. The molecule has 1 aromatic heterocycles. The number of carboxylic acid groups (broad SMARTS) is 1. The van der Waals surface area contributed by atoms with Crippen molar-refractivity contribution in [1.82, 2.24) is 20.5 Å². The van der Waals surface area contributed by atoms with Gasteiger partial charge in [-0.1, -0.05) is 55.0 Å². The fourth-order valence-corrected chi connectivity index (χ4v) is 5.47. The average molecular weight is 577 g/mol. The second-order valence-electron chi connectivity index (χ2n) is 10.8. The Kier molecular flexibility index (Phi) is 10.7. The summed E-state index contributed by atoms with van der Waals surface area (Å²) >= 11 is 0. The van der Waals surface area contributed by atoms with Gasteiger partial charge < -0.3 is 37.1 Å². The number of hydrogen-bond acceptors (Lipinski definition) is 6. The minimum atomic E-state index is -1.20. The van der Waals surface area contributed by atoms with Crippen molar-refractivity contribution in [3.05, 3.63) is 71.9 Å². The Balaban J connectivity index is 1.52. The summed E-state index contributed by atoms with van der Waals surface area (Å²) in [4.78, 5) is 57.1. The van der Waals surface area contributed by atoms with Crippen LogP contribution in [-0.2, 0) is 32.0 Å². The van der Waals surface area contributed by atoms with Gasteiger partial charge in [0.25, 0.3) is 0 Å². The first kappa shape index (κ1) is 30.7. The van der Waals surface area contributed by atoms with E-state index in [1.165, 1.54) is 4.90 Å². The number of aromatic nitrogens is 1. The predicted molar refractivity (Wildman–Crippen MR) is 159 cm³/mol. The third kappa shape index (κ3) is 7.74. The minimum absolute atomic E-state index is 0.0859. The van der Waals surface area contributed by atoms with Crippen molar-refractivity contribution in [3.63, 3.8) is 0 Å². The van der Waals surface area contributed by atoms with Crippen molar-refractivity contribution in [3.8, 4) is 0 Å². The molecule has 1 saturated heterocycles. The molecule has 11 heteroatoms. The van der Waals surface area contributed by atoms with E-state index in [9.17, 15) is 24.3 Å². The van der Waals surface area contributed by atoms with Gasteiger partial charge in [0, 0.05) is 36.5 Å². The van der Waals surface area contributed by atoms with Crippen molar-refractivity contribution in [2.75, 3.05) is 13.1 Å². The number of likely N-dealkylation sites (tertiary alicyclic amines) is 1. The van der Waals surface area contributed by atoms with E-state index in [1.807, 2.05) is 30.3 Å². The van der Waals surface area contributed by atoms with Gasteiger partial charge in [-0.25, -0.2) is 4.79 Å². The number of unbranched alkanes of at least 4 members (excludes halogenated alkanes) is 1. The van der Waals surface area contributed by atoms with Crippen molar-refractivity contribution >= 4 is 34.6 Å². The van der Waals surface area contributed by atoms with Crippen molar-refractivity contribution in [1.29, 1.82) is 0 Å². The molecule has 0 aliphatic carbocycles. The van der Waals surface area contributed by atoms with E-state index in [0.29, 0.717) is 38.8 Å². The summed E-state index contributed by atoms with van der Waals surface area (Å²) < 4.78 is 0. The SMILES string of the molecule is NCCCCC(N)C(=O)N1CCCC1C(=O)NC(Cc1c[nH]c2ccccc12)C(=O)NC(Cc1ccccc1)C(=O)O. The molecule has 1 aliphatic heterocycles. The molecule has 4 unspecified atom stereocenters. The molecule has 224 valence electrons. The molecule has 3 amide bonds. The van der Waals surface area contributed by atoms with Crippen LogP contribution in [0.2, 0.25) is 0 Å². The summed E-state index contributed by atoms with van der Waals surface area (Å²) in [6, 6.07) is 12.8. The number of aliphatic carboxylic acids is 1. The number of rotatable bonds is 14. The van der Waals surface area contributed by atoms with Crippen LogP contribution in [0.5, 0.6) is 0 Å². The molecular formula is C31H40N6O5. The van der Waals surface area contributed by atoms with Crippen molar-refractivity contribution in [2.24, 2.45) is 11.5 Å². The van der Waals surface area contributed by atoms with Gasteiger partial charge in [-0.15, -0.1) is 0 Å². The van der Waals surface area contributed by atoms with Gasteiger partial charge in [-0.05, 0) is 49.4 Å². The molecule has 11 nitrogen and oxygen atoms in total. The van der Waals surface area contributed by atoms with Gasteiger partial charge >= 0.3 is 5.97 Å². The van der Waals surface area contributed by atoms with Gasteiger partial charge in [-0.3, -0.25) is 14.4 Å². The third-order valence-electron chi connectivity index (χ3n) is 7.75. The number of benzene rings is 2. The van der Waals surface area contributed by atoms with Gasteiger partial charge in [0.05, 0.1) is 6.04 Å². The van der Waals surface area contributed by atoms with E-state index in [-0.39, 0.29) is 18.7 Å². The molecule has 8 N–H and O–H groups in total. The largest absolute Gasteiger partial charge is 0.480 e. The van der Waals surface area contributed by atoms with Crippen LogP contribution in [0.3, 0.4) is 0 Å². The Bertz CT molecular complexity index is 1380. The molecule has 1 aliphatic rings. The van der Waals surface area contributed by atoms with Gasteiger partial charge in [0.2, 0.25) is 17.7 Å². The molecule has 0 saturated carbocycles. The number of nitrogens with zero attached hydrogens (tertiary/aromatic N) is 1. The van der Waals surface area contributed by atoms with Crippen molar-refractivity contribution < 1.29 is 24.3 Å². The fraction of sp³-hybridized carbons (Fsp3) is 0.419. The molecule has 3 aromatic rings. The van der Waals surface area contributed by atoms with Gasteiger partial charge in [0.15, 0.2) is 0 Å². The topological polar surface area (TPSA) is 184 Å². The maximum Gasteiger partial charge on any atom is 0.326 e. The van der Waals surface area contributed by atoms with E-state index < -0.39 is 42.0 Å².